The minimum Gasteiger partial charge on any atom is -0.478 e. The number of nitrogens with one attached hydrogen (secondary N) is 1. The number of nitrogens with zero attached hydrogens (tertiary/aromatic N) is 1. The molecule has 0 saturated heterocycles. The molecule has 2 N–H and O–H groups in total. The Morgan fingerprint density at radius 3 is 2.26 bits per heavy atom. The van der Waals surface area contributed by atoms with Gasteiger partial charge >= 0.3 is 5.97 Å². The molecule has 104 valence electrons. The van der Waals surface area contributed by atoms with E-state index in [-0.39, 0.29) is 24.1 Å². The standard InChI is InChI=1S/C14H20N2O3/c1-4-16(9-13(17)15-10(2)3)12-7-5-11(6-8-12)14(18)19/h5-8,10H,4,9H2,1-3H3,(H,15,17)(H,18,19). The van der Waals surface area contributed by atoms with E-state index in [9.17, 15) is 9.59 Å². The second kappa shape index (κ2) is 6.78. The molecule has 1 aromatic rings. The summed E-state index contributed by atoms with van der Waals surface area (Å²) in [6, 6.07) is 6.63. The highest BCUT2D eigenvalue weighted by Crippen LogP contribution is 2.15. The number of anilines is 1. The predicted octanol–water partition coefficient (Wildman–Crippen LogP) is 1.74. The van der Waals surface area contributed by atoms with Crippen molar-refractivity contribution in [3.63, 3.8) is 0 Å². The van der Waals surface area contributed by atoms with Gasteiger partial charge in [-0.05, 0) is 45.0 Å². The lowest BCUT2D eigenvalue weighted by atomic mass is 10.2. The number of likely N-dealkylation sites (N-methyl/N-ethyl adjacent to an activating group) is 1. The van der Waals surface area contributed by atoms with E-state index in [0.717, 1.165) is 5.69 Å². The monoisotopic (exact) mass is 264 g/mol. The van der Waals surface area contributed by atoms with Crippen LogP contribution in [0.2, 0.25) is 0 Å². The zero-order valence-electron chi connectivity index (χ0n) is 11.5. The van der Waals surface area contributed by atoms with Crippen molar-refractivity contribution in [2.45, 2.75) is 26.8 Å². The molecule has 0 atom stereocenters. The van der Waals surface area contributed by atoms with Gasteiger partial charge in [0.15, 0.2) is 0 Å². The molecule has 0 aliphatic rings. The third kappa shape index (κ3) is 4.62. The van der Waals surface area contributed by atoms with Crippen LogP contribution in [0.3, 0.4) is 0 Å². The van der Waals surface area contributed by atoms with E-state index >= 15 is 0 Å². The van der Waals surface area contributed by atoms with Gasteiger partial charge in [-0.15, -0.1) is 0 Å². The zero-order valence-corrected chi connectivity index (χ0v) is 11.5. The summed E-state index contributed by atoms with van der Waals surface area (Å²) < 4.78 is 0. The van der Waals surface area contributed by atoms with Gasteiger partial charge in [-0.2, -0.15) is 0 Å². The largest absolute Gasteiger partial charge is 0.478 e. The van der Waals surface area contributed by atoms with E-state index in [4.69, 9.17) is 5.11 Å². The normalized spacial score (nSPS) is 10.3. The van der Waals surface area contributed by atoms with Gasteiger partial charge in [-0.25, -0.2) is 4.79 Å². The molecule has 0 radical (unpaired) electrons. The zero-order chi connectivity index (χ0) is 14.4. The summed E-state index contributed by atoms with van der Waals surface area (Å²) in [5, 5.41) is 11.7. The van der Waals surface area contributed by atoms with Crippen molar-refractivity contribution in [2.24, 2.45) is 0 Å². The molecule has 0 heterocycles. The fourth-order valence-electron chi connectivity index (χ4n) is 1.74. The van der Waals surface area contributed by atoms with Gasteiger partial charge in [-0.3, -0.25) is 4.79 Å². The Kier molecular flexibility index (Phi) is 5.36. The van der Waals surface area contributed by atoms with Crippen molar-refractivity contribution in [2.75, 3.05) is 18.0 Å². The average Bonchev–Trinajstić information content (AvgIpc) is 2.35. The van der Waals surface area contributed by atoms with Gasteiger partial charge in [0, 0.05) is 18.3 Å². The first-order valence-electron chi connectivity index (χ1n) is 6.31. The summed E-state index contributed by atoms with van der Waals surface area (Å²) in [6.07, 6.45) is 0. The summed E-state index contributed by atoms with van der Waals surface area (Å²) in [5.74, 6) is -0.994. The van der Waals surface area contributed by atoms with E-state index in [1.54, 1.807) is 24.3 Å². The van der Waals surface area contributed by atoms with E-state index < -0.39 is 5.97 Å². The molecule has 5 nitrogen and oxygen atoms in total. The predicted molar refractivity (Wildman–Crippen MR) is 74.6 cm³/mol. The fourth-order valence-corrected chi connectivity index (χ4v) is 1.74. The Hall–Kier alpha value is -2.04. The fraction of sp³-hybridized carbons (Fsp3) is 0.429. The highest BCUT2D eigenvalue weighted by molar-refractivity contribution is 5.88. The quantitative estimate of drug-likeness (QED) is 0.821. The Labute approximate surface area is 113 Å². The van der Waals surface area contributed by atoms with Crippen LogP contribution < -0.4 is 10.2 Å². The number of benzene rings is 1. The molecule has 1 amide bonds. The van der Waals surface area contributed by atoms with Crippen LogP contribution in [0, 0.1) is 0 Å². The maximum absolute atomic E-state index is 11.7. The molecule has 19 heavy (non-hydrogen) atoms. The number of carbonyl (C=O) groups is 2. The van der Waals surface area contributed by atoms with Crippen molar-refractivity contribution in [3.8, 4) is 0 Å². The molecule has 1 aromatic carbocycles. The topological polar surface area (TPSA) is 69.6 Å². The number of aromatic carboxylic acids is 1. The van der Waals surface area contributed by atoms with Crippen LogP contribution in [0.15, 0.2) is 24.3 Å². The number of carboxylic acid groups (broad SMARTS) is 1. The van der Waals surface area contributed by atoms with Crippen LogP contribution in [-0.4, -0.2) is 36.1 Å². The van der Waals surface area contributed by atoms with Crippen molar-refractivity contribution < 1.29 is 14.7 Å². The smallest absolute Gasteiger partial charge is 0.335 e. The van der Waals surface area contributed by atoms with E-state index in [0.29, 0.717) is 6.54 Å². The number of carbonyl (C=O) groups excluding carboxylic acids is 1. The van der Waals surface area contributed by atoms with Gasteiger partial charge in [0.2, 0.25) is 5.91 Å². The first kappa shape index (κ1) is 15.0. The van der Waals surface area contributed by atoms with Crippen molar-refractivity contribution in [3.05, 3.63) is 29.8 Å². The summed E-state index contributed by atoms with van der Waals surface area (Å²) in [7, 11) is 0. The first-order valence-corrected chi connectivity index (χ1v) is 6.31. The maximum atomic E-state index is 11.7. The van der Waals surface area contributed by atoms with Gasteiger partial charge in [-0.1, -0.05) is 0 Å². The second-order valence-corrected chi connectivity index (χ2v) is 4.59. The van der Waals surface area contributed by atoms with Crippen LogP contribution >= 0.6 is 0 Å². The molecule has 0 aliphatic carbocycles. The molecule has 0 aromatic heterocycles. The average molecular weight is 264 g/mol. The lowest BCUT2D eigenvalue weighted by Gasteiger charge is -2.23. The lowest BCUT2D eigenvalue weighted by molar-refractivity contribution is -0.120. The van der Waals surface area contributed by atoms with Gasteiger partial charge < -0.3 is 15.3 Å². The number of carboxylic acids is 1. The van der Waals surface area contributed by atoms with Crippen molar-refractivity contribution >= 4 is 17.6 Å². The third-order valence-electron chi connectivity index (χ3n) is 2.65. The number of hydrogen-bond donors (Lipinski definition) is 2. The number of hydrogen-bond acceptors (Lipinski definition) is 3. The molecular formula is C14H20N2O3. The van der Waals surface area contributed by atoms with E-state index in [1.807, 2.05) is 25.7 Å². The second-order valence-electron chi connectivity index (χ2n) is 4.59. The molecule has 0 spiro atoms. The molecule has 1 rings (SSSR count). The Balaban J connectivity index is 2.74. The van der Waals surface area contributed by atoms with Crippen LogP contribution in [0.5, 0.6) is 0 Å². The van der Waals surface area contributed by atoms with Crippen LogP contribution in [0.4, 0.5) is 5.69 Å². The summed E-state index contributed by atoms with van der Waals surface area (Å²) in [5.41, 5.74) is 1.08. The number of amides is 1. The van der Waals surface area contributed by atoms with Crippen LogP contribution in [-0.2, 0) is 4.79 Å². The number of rotatable bonds is 6. The minimum absolute atomic E-state index is 0.0424. The first-order chi connectivity index (χ1) is 8.93. The third-order valence-corrected chi connectivity index (χ3v) is 2.65. The van der Waals surface area contributed by atoms with Gasteiger partial charge in [0.25, 0.3) is 0 Å². The Bertz CT molecular complexity index is 441. The molecule has 0 bridgehead atoms. The molecule has 0 aliphatic heterocycles. The van der Waals surface area contributed by atoms with Crippen molar-refractivity contribution in [1.29, 1.82) is 0 Å². The van der Waals surface area contributed by atoms with Gasteiger partial charge in [0.1, 0.15) is 0 Å². The van der Waals surface area contributed by atoms with E-state index in [2.05, 4.69) is 5.32 Å². The SMILES string of the molecule is CCN(CC(=O)NC(C)C)c1ccc(C(=O)O)cc1. The minimum atomic E-state index is -0.952. The molecule has 0 fully saturated rings. The maximum Gasteiger partial charge on any atom is 0.335 e. The molecule has 0 saturated carbocycles. The van der Waals surface area contributed by atoms with Crippen LogP contribution in [0.25, 0.3) is 0 Å². The van der Waals surface area contributed by atoms with E-state index in [1.165, 1.54) is 0 Å². The highest BCUT2D eigenvalue weighted by Gasteiger charge is 2.11. The summed E-state index contributed by atoms with van der Waals surface area (Å²) >= 11 is 0. The van der Waals surface area contributed by atoms with Crippen LogP contribution in [0.1, 0.15) is 31.1 Å². The summed E-state index contributed by atoms with van der Waals surface area (Å²) in [6.45, 7) is 6.72. The van der Waals surface area contributed by atoms with Crippen molar-refractivity contribution in [1.82, 2.24) is 5.32 Å². The molecular weight excluding hydrogens is 244 g/mol. The summed E-state index contributed by atoms with van der Waals surface area (Å²) in [4.78, 5) is 24.4. The van der Waals surface area contributed by atoms with Gasteiger partial charge in [0.05, 0.1) is 12.1 Å². The highest BCUT2D eigenvalue weighted by atomic mass is 16.4. The molecule has 0 unspecified atom stereocenters. The lowest BCUT2D eigenvalue weighted by Crippen LogP contribution is -2.40. The Morgan fingerprint density at radius 2 is 1.84 bits per heavy atom. The molecule has 5 heteroatoms. The Morgan fingerprint density at radius 1 is 1.26 bits per heavy atom.